The predicted octanol–water partition coefficient (Wildman–Crippen LogP) is 9.41. The van der Waals surface area contributed by atoms with Crippen LogP contribution >= 0.6 is 11.3 Å². The highest BCUT2D eigenvalue weighted by atomic mass is 32.1. The van der Waals surface area contributed by atoms with E-state index in [1.165, 1.54) is 27.1 Å². The number of nitrogens with one attached hydrogen (secondary N) is 1. The molecule has 0 spiro atoms. The van der Waals surface area contributed by atoms with Crippen molar-refractivity contribution in [2.45, 2.75) is 67.4 Å². The third-order valence-electron chi connectivity index (χ3n) is 8.46. The zero-order chi connectivity index (χ0) is 30.7. The highest BCUT2D eigenvalue weighted by Crippen LogP contribution is 2.45. The van der Waals surface area contributed by atoms with Crippen molar-refractivity contribution in [3.8, 4) is 11.5 Å². The summed E-state index contributed by atoms with van der Waals surface area (Å²) >= 11 is 1.65. The number of nitrogens with zero attached hydrogens (tertiary/aromatic N) is 1. The number of carbonyl (C=O) groups is 1. The number of carbonyl (C=O) groups excluding carboxylic acids is 1. The van der Waals surface area contributed by atoms with E-state index in [0.29, 0.717) is 29.6 Å². The smallest absolute Gasteiger partial charge is 0.259 e. The SMILES string of the molecule is COc1cc(C=Nc2sc3c(c2C(=O)Nc2ccccc2)CC[C@@H](C(C)(C)C)C3)ccc1OCc1c(C)cc(C)cc1C. The summed E-state index contributed by atoms with van der Waals surface area (Å²) in [6.07, 6.45) is 4.76. The van der Waals surface area contributed by atoms with Crippen molar-refractivity contribution in [1.82, 2.24) is 0 Å². The van der Waals surface area contributed by atoms with Crippen molar-refractivity contribution in [3.05, 3.63) is 104 Å². The van der Waals surface area contributed by atoms with Crippen molar-refractivity contribution in [2.24, 2.45) is 16.3 Å². The quantitative estimate of drug-likeness (QED) is 0.207. The van der Waals surface area contributed by atoms with Crippen molar-refractivity contribution in [3.63, 3.8) is 0 Å². The third kappa shape index (κ3) is 7.02. The molecule has 0 saturated carbocycles. The Balaban J connectivity index is 1.41. The Morgan fingerprint density at radius 2 is 1.74 bits per heavy atom. The molecule has 0 bridgehead atoms. The molecule has 5 nitrogen and oxygen atoms in total. The average Bonchev–Trinajstić information content (AvgIpc) is 3.34. The first-order valence-corrected chi connectivity index (χ1v) is 15.8. The summed E-state index contributed by atoms with van der Waals surface area (Å²) in [5.41, 5.74) is 8.60. The van der Waals surface area contributed by atoms with E-state index in [9.17, 15) is 4.79 Å². The van der Waals surface area contributed by atoms with Crippen LogP contribution in [0.15, 0.2) is 65.7 Å². The van der Waals surface area contributed by atoms with Crippen molar-refractivity contribution >= 4 is 34.1 Å². The van der Waals surface area contributed by atoms with Gasteiger partial charge in [0.2, 0.25) is 0 Å². The molecule has 6 heteroatoms. The number of amides is 1. The number of anilines is 1. The Morgan fingerprint density at radius 3 is 2.42 bits per heavy atom. The molecule has 0 radical (unpaired) electrons. The van der Waals surface area contributed by atoms with Gasteiger partial charge in [-0.2, -0.15) is 0 Å². The standard InChI is InChI=1S/C37H42N2O3S/c1-23-17-24(2)30(25(3)18-23)22-42-31-16-13-26(19-32(31)41-7)21-38-36-34(35(40)39-28-11-9-8-10-12-28)29-15-14-27(37(4,5)6)20-33(29)43-36/h8-13,16-19,21,27H,14-15,20,22H2,1-7H3,(H,39,40)/t27-/m1/s1. The first-order chi connectivity index (χ1) is 20.5. The number of fused-ring (bicyclic) bond motifs is 1. The lowest BCUT2D eigenvalue weighted by Gasteiger charge is -2.33. The summed E-state index contributed by atoms with van der Waals surface area (Å²) in [6, 6.07) is 19.8. The minimum Gasteiger partial charge on any atom is -0.493 e. The minimum absolute atomic E-state index is 0.104. The second kappa shape index (κ2) is 12.8. The van der Waals surface area contributed by atoms with Gasteiger partial charge >= 0.3 is 0 Å². The molecule has 0 unspecified atom stereocenters. The maximum Gasteiger partial charge on any atom is 0.259 e. The van der Waals surface area contributed by atoms with E-state index in [1.54, 1.807) is 18.4 Å². The Morgan fingerprint density at radius 1 is 1.02 bits per heavy atom. The molecule has 1 heterocycles. The molecule has 1 aliphatic carbocycles. The first-order valence-electron chi connectivity index (χ1n) is 15.0. The van der Waals surface area contributed by atoms with E-state index in [4.69, 9.17) is 14.5 Å². The van der Waals surface area contributed by atoms with Gasteiger partial charge in [0, 0.05) is 16.8 Å². The van der Waals surface area contributed by atoms with Crippen LogP contribution in [0.1, 0.15) is 75.8 Å². The molecule has 0 saturated heterocycles. The maximum atomic E-state index is 13.6. The molecule has 5 rings (SSSR count). The molecule has 43 heavy (non-hydrogen) atoms. The van der Waals surface area contributed by atoms with Crippen molar-refractivity contribution < 1.29 is 14.3 Å². The number of hydrogen-bond donors (Lipinski definition) is 1. The Bertz CT molecular complexity index is 1620. The number of hydrogen-bond acceptors (Lipinski definition) is 5. The first kappa shape index (κ1) is 30.6. The van der Waals surface area contributed by atoms with Crippen LogP contribution in [-0.2, 0) is 19.4 Å². The van der Waals surface area contributed by atoms with E-state index >= 15 is 0 Å². The van der Waals surface area contributed by atoms with Gasteiger partial charge in [-0.25, -0.2) is 4.99 Å². The lowest BCUT2D eigenvalue weighted by Crippen LogP contribution is -2.27. The molecule has 1 atom stereocenters. The van der Waals surface area contributed by atoms with Crippen LogP contribution in [0.25, 0.3) is 0 Å². The van der Waals surface area contributed by atoms with Gasteiger partial charge in [0.25, 0.3) is 5.91 Å². The largest absolute Gasteiger partial charge is 0.493 e. The van der Waals surface area contributed by atoms with Crippen LogP contribution in [0, 0.1) is 32.1 Å². The average molecular weight is 595 g/mol. The fourth-order valence-electron chi connectivity index (χ4n) is 5.96. The Kier molecular flexibility index (Phi) is 9.07. The topological polar surface area (TPSA) is 59.9 Å². The van der Waals surface area contributed by atoms with Gasteiger partial charge in [-0.15, -0.1) is 11.3 Å². The van der Waals surface area contributed by atoms with Crippen LogP contribution in [0.5, 0.6) is 11.5 Å². The summed E-state index contributed by atoms with van der Waals surface area (Å²) in [5, 5.41) is 3.84. The lowest BCUT2D eigenvalue weighted by molar-refractivity contribution is 0.102. The van der Waals surface area contributed by atoms with E-state index in [1.807, 2.05) is 54.7 Å². The fraction of sp³-hybridized carbons (Fsp3) is 0.351. The van der Waals surface area contributed by atoms with Crippen molar-refractivity contribution in [2.75, 3.05) is 12.4 Å². The molecule has 0 aliphatic heterocycles. The summed E-state index contributed by atoms with van der Waals surface area (Å²) in [7, 11) is 1.65. The van der Waals surface area contributed by atoms with E-state index in [0.717, 1.165) is 41.1 Å². The van der Waals surface area contributed by atoms with Gasteiger partial charge in [0.05, 0.1) is 12.7 Å². The zero-order valence-corrected chi connectivity index (χ0v) is 27.2. The van der Waals surface area contributed by atoms with Gasteiger partial charge in [-0.3, -0.25) is 4.79 Å². The van der Waals surface area contributed by atoms with Crippen LogP contribution in [-0.4, -0.2) is 19.2 Å². The number of aryl methyl sites for hydroxylation is 3. The Hall–Kier alpha value is -3.90. The second-order valence-corrected chi connectivity index (χ2v) is 13.7. The summed E-state index contributed by atoms with van der Waals surface area (Å²) in [5.74, 6) is 1.80. The molecule has 1 aromatic heterocycles. The van der Waals surface area contributed by atoms with Gasteiger partial charge < -0.3 is 14.8 Å². The van der Waals surface area contributed by atoms with Crippen molar-refractivity contribution in [1.29, 1.82) is 0 Å². The zero-order valence-electron chi connectivity index (χ0n) is 26.3. The monoisotopic (exact) mass is 594 g/mol. The van der Waals surface area contributed by atoms with Gasteiger partial charge in [-0.05, 0) is 110 Å². The summed E-state index contributed by atoms with van der Waals surface area (Å²) in [6.45, 7) is 13.7. The molecule has 0 fully saturated rings. The number of methoxy groups -OCH3 is 1. The number of benzene rings is 3. The molecule has 3 aromatic carbocycles. The number of ether oxygens (including phenoxy) is 2. The summed E-state index contributed by atoms with van der Waals surface area (Å²) in [4.78, 5) is 19.8. The van der Waals surface area contributed by atoms with E-state index in [-0.39, 0.29) is 11.3 Å². The normalized spacial score (nSPS) is 14.9. The minimum atomic E-state index is -0.104. The van der Waals surface area contributed by atoms with Gasteiger partial charge in [-0.1, -0.05) is 56.7 Å². The highest BCUT2D eigenvalue weighted by molar-refractivity contribution is 7.16. The van der Waals surface area contributed by atoms with E-state index < -0.39 is 0 Å². The molecule has 1 amide bonds. The van der Waals surface area contributed by atoms with Crippen LogP contribution in [0.3, 0.4) is 0 Å². The number of thiophene rings is 1. The van der Waals surface area contributed by atoms with Crippen LogP contribution < -0.4 is 14.8 Å². The second-order valence-electron chi connectivity index (χ2n) is 12.6. The summed E-state index contributed by atoms with van der Waals surface area (Å²) < 4.78 is 11.9. The van der Waals surface area contributed by atoms with Gasteiger partial charge in [0.15, 0.2) is 11.5 Å². The number of rotatable bonds is 8. The lowest BCUT2D eigenvalue weighted by atomic mass is 9.72. The Labute approximate surface area is 260 Å². The molecule has 224 valence electrons. The molecule has 1 N–H and O–H groups in total. The van der Waals surface area contributed by atoms with Crippen LogP contribution in [0.4, 0.5) is 10.7 Å². The third-order valence-corrected chi connectivity index (χ3v) is 9.62. The fourth-order valence-corrected chi connectivity index (χ4v) is 7.22. The predicted molar refractivity (Wildman–Crippen MR) is 179 cm³/mol. The number of aliphatic imine (C=N–C) groups is 1. The van der Waals surface area contributed by atoms with E-state index in [2.05, 4.69) is 59.0 Å². The van der Waals surface area contributed by atoms with Gasteiger partial charge in [0.1, 0.15) is 11.6 Å². The molecule has 1 aliphatic rings. The highest BCUT2D eigenvalue weighted by Gasteiger charge is 2.33. The molecular formula is C37H42N2O3S. The maximum absolute atomic E-state index is 13.6. The molecular weight excluding hydrogens is 552 g/mol. The van der Waals surface area contributed by atoms with Crippen LogP contribution in [0.2, 0.25) is 0 Å². The number of para-hydroxylation sites is 1. The molecule has 4 aromatic rings.